The SMILES string of the molecule is O=C(O)c1cn(CCCCO)c2ccc(Cc3cccc(Cl)c3Cl)cc2c1=O. The van der Waals surface area contributed by atoms with Gasteiger partial charge in [-0.1, -0.05) is 41.4 Å². The van der Waals surface area contributed by atoms with Crippen LogP contribution in [0.25, 0.3) is 10.9 Å². The summed E-state index contributed by atoms with van der Waals surface area (Å²) in [6.07, 6.45) is 3.11. The summed E-state index contributed by atoms with van der Waals surface area (Å²) in [5.74, 6) is -1.26. The predicted octanol–water partition coefficient (Wildman–Crippen LogP) is 4.37. The van der Waals surface area contributed by atoms with Crippen molar-refractivity contribution < 1.29 is 15.0 Å². The fourth-order valence-corrected chi connectivity index (χ4v) is 3.58. The summed E-state index contributed by atoms with van der Waals surface area (Å²) < 4.78 is 1.76. The van der Waals surface area contributed by atoms with E-state index < -0.39 is 11.4 Å². The molecule has 0 saturated carbocycles. The van der Waals surface area contributed by atoms with Crippen molar-refractivity contribution in [1.82, 2.24) is 4.57 Å². The van der Waals surface area contributed by atoms with Gasteiger partial charge in [0.25, 0.3) is 0 Å². The Morgan fingerprint density at radius 1 is 1.11 bits per heavy atom. The lowest BCUT2D eigenvalue weighted by atomic mass is 10.0. The molecule has 0 spiro atoms. The van der Waals surface area contributed by atoms with Crippen molar-refractivity contribution in [2.24, 2.45) is 0 Å². The number of fused-ring (bicyclic) bond motifs is 1. The van der Waals surface area contributed by atoms with Gasteiger partial charge in [-0.2, -0.15) is 0 Å². The Hall–Kier alpha value is -2.34. The van der Waals surface area contributed by atoms with E-state index in [1.807, 2.05) is 18.2 Å². The van der Waals surface area contributed by atoms with E-state index in [0.717, 1.165) is 11.1 Å². The molecule has 0 saturated heterocycles. The maximum absolute atomic E-state index is 12.7. The Balaban J connectivity index is 2.08. The topological polar surface area (TPSA) is 79.5 Å². The van der Waals surface area contributed by atoms with Crippen LogP contribution in [0.2, 0.25) is 10.0 Å². The Kier molecular flexibility index (Phi) is 6.39. The first-order chi connectivity index (χ1) is 13.4. The second-order valence-corrected chi connectivity index (χ2v) is 7.33. The van der Waals surface area contributed by atoms with Crippen molar-refractivity contribution >= 4 is 40.1 Å². The summed E-state index contributed by atoms with van der Waals surface area (Å²) in [6.45, 7) is 0.575. The molecular weight excluding hydrogens is 401 g/mol. The highest BCUT2D eigenvalue weighted by Gasteiger charge is 2.15. The van der Waals surface area contributed by atoms with Gasteiger partial charge in [-0.05, 0) is 48.6 Å². The maximum atomic E-state index is 12.7. The van der Waals surface area contributed by atoms with Crippen molar-refractivity contribution in [2.75, 3.05) is 6.61 Å². The molecule has 0 bridgehead atoms. The number of carboxylic acids is 1. The van der Waals surface area contributed by atoms with Crippen molar-refractivity contribution in [3.05, 3.63) is 79.6 Å². The first-order valence-corrected chi connectivity index (χ1v) is 9.61. The standard InChI is InChI=1S/C21H19Cl2NO4/c22-17-5-3-4-14(19(17)23)10-13-6-7-18-15(11-13)20(26)16(21(27)28)12-24(18)8-1-2-9-25/h3-7,11-12,25H,1-2,8-10H2,(H,27,28). The van der Waals surface area contributed by atoms with Gasteiger partial charge in [0.1, 0.15) is 5.56 Å². The number of hydrogen-bond acceptors (Lipinski definition) is 3. The van der Waals surface area contributed by atoms with Gasteiger partial charge in [0.05, 0.1) is 15.6 Å². The van der Waals surface area contributed by atoms with E-state index in [1.54, 1.807) is 22.8 Å². The van der Waals surface area contributed by atoms with E-state index in [1.165, 1.54) is 6.20 Å². The van der Waals surface area contributed by atoms with Crippen molar-refractivity contribution in [1.29, 1.82) is 0 Å². The number of hydrogen-bond donors (Lipinski definition) is 2. The molecule has 0 amide bonds. The number of rotatable bonds is 7. The van der Waals surface area contributed by atoms with Gasteiger partial charge in [-0.25, -0.2) is 4.79 Å². The van der Waals surface area contributed by atoms with Gasteiger partial charge in [0, 0.05) is 24.7 Å². The van der Waals surface area contributed by atoms with Crippen LogP contribution >= 0.6 is 23.2 Å². The Morgan fingerprint density at radius 3 is 2.61 bits per heavy atom. The molecule has 3 rings (SSSR count). The average Bonchev–Trinajstić information content (AvgIpc) is 2.67. The zero-order valence-electron chi connectivity index (χ0n) is 15.0. The predicted molar refractivity (Wildman–Crippen MR) is 111 cm³/mol. The number of halogens is 2. The van der Waals surface area contributed by atoms with Crippen LogP contribution in [0.4, 0.5) is 0 Å². The zero-order chi connectivity index (χ0) is 20.3. The number of aryl methyl sites for hydroxylation is 1. The minimum Gasteiger partial charge on any atom is -0.477 e. The molecule has 0 radical (unpaired) electrons. The molecule has 0 unspecified atom stereocenters. The van der Waals surface area contributed by atoms with Crippen molar-refractivity contribution in [3.8, 4) is 0 Å². The van der Waals surface area contributed by atoms with E-state index in [2.05, 4.69) is 0 Å². The summed E-state index contributed by atoms with van der Waals surface area (Å²) in [6, 6.07) is 10.8. The maximum Gasteiger partial charge on any atom is 0.341 e. The molecule has 2 aromatic carbocycles. The lowest BCUT2D eigenvalue weighted by Gasteiger charge is -2.13. The lowest BCUT2D eigenvalue weighted by molar-refractivity contribution is 0.0694. The highest BCUT2D eigenvalue weighted by Crippen LogP contribution is 2.28. The van der Waals surface area contributed by atoms with Crippen LogP contribution in [0.1, 0.15) is 34.3 Å². The second-order valence-electron chi connectivity index (χ2n) is 6.54. The number of benzene rings is 2. The van der Waals surface area contributed by atoms with Crippen LogP contribution in [0.5, 0.6) is 0 Å². The largest absolute Gasteiger partial charge is 0.477 e. The number of carboxylic acid groups (broad SMARTS) is 1. The smallest absolute Gasteiger partial charge is 0.341 e. The van der Waals surface area contributed by atoms with Crippen LogP contribution in [-0.4, -0.2) is 27.4 Å². The number of aromatic nitrogens is 1. The molecule has 3 aromatic rings. The van der Waals surface area contributed by atoms with Gasteiger partial charge in [0.2, 0.25) is 5.43 Å². The highest BCUT2D eigenvalue weighted by atomic mass is 35.5. The molecule has 0 aliphatic carbocycles. The molecule has 146 valence electrons. The molecule has 0 fully saturated rings. The van der Waals surface area contributed by atoms with Gasteiger partial charge >= 0.3 is 5.97 Å². The molecule has 0 atom stereocenters. The summed E-state index contributed by atoms with van der Waals surface area (Å²) >= 11 is 12.3. The van der Waals surface area contributed by atoms with Crippen LogP contribution < -0.4 is 5.43 Å². The number of pyridine rings is 1. The van der Waals surface area contributed by atoms with E-state index in [9.17, 15) is 14.7 Å². The molecule has 2 N–H and O–H groups in total. The first-order valence-electron chi connectivity index (χ1n) is 8.85. The summed E-state index contributed by atoms with van der Waals surface area (Å²) in [7, 11) is 0. The third-order valence-electron chi connectivity index (χ3n) is 4.61. The van der Waals surface area contributed by atoms with Crippen molar-refractivity contribution in [3.63, 3.8) is 0 Å². The van der Waals surface area contributed by atoms with E-state index in [4.69, 9.17) is 28.3 Å². The molecule has 7 heteroatoms. The highest BCUT2D eigenvalue weighted by molar-refractivity contribution is 6.42. The van der Waals surface area contributed by atoms with Crippen LogP contribution in [0, 0.1) is 0 Å². The van der Waals surface area contributed by atoms with Crippen LogP contribution in [0.3, 0.4) is 0 Å². The second kappa shape index (κ2) is 8.78. The van der Waals surface area contributed by atoms with Gasteiger partial charge < -0.3 is 14.8 Å². The zero-order valence-corrected chi connectivity index (χ0v) is 16.5. The minimum absolute atomic E-state index is 0.0640. The molecule has 5 nitrogen and oxygen atoms in total. The summed E-state index contributed by atoms with van der Waals surface area (Å²) in [4.78, 5) is 24.2. The van der Waals surface area contributed by atoms with E-state index in [0.29, 0.717) is 46.8 Å². The van der Waals surface area contributed by atoms with Gasteiger partial charge in [0.15, 0.2) is 0 Å². The third-order valence-corrected chi connectivity index (χ3v) is 5.47. The number of aliphatic hydroxyl groups is 1. The van der Waals surface area contributed by atoms with Crippen molar-refractivity contribution in [2.45, 2.75) is 25.8 Å². The molecule has 0 aliphatic heterocycles. The minimum atomic E-state index is -1.26. The summed E-state index contributed by atoms with van der Waals surface area (Å²) in [5.41, 5.74) is 1.53. The Labute approximate surface area is 171 Å². The quantitative estimate of drug-likeness (QED) is 0.557. The van der Waals surface area contributed by atoms with Crippen LogP contribution in [-0.2, 0) is 13.0 Å². The number of unbranched alkanes of at least 4 members (excludes halogenated alkanes) is 1. The Bertz CT molecular complexity index is 1090. The van der Waals surface area contributed by atoms with Gasteiger partial charge in [-0.3, -0.25) is 4.79 Å². The lowest BCUT2D eigenvalue weighted by Crippen LogP contribution is -2.19. The average molecular weight is 420 g/mol. The fourth-order valence-electron chi connectivity index (χ4n) is 3.19. The number of aromatic carboxylic acids is 1. The van der Waals surface area contributed by atoms with E-state index >= 15 is 0 Å². The van der Waals surface area contributed by atoms with E-state index in [-0.39, 0.29) is 12.2 Å². The third kappa shape index (κ3) is 4.22. The number of carbonyl (C=O) groups is 1. The summed E-state index contributed by atoms with van der Waals surface area (Å²) in [5, 5.41) is 19.7. The first kappa shape index (κ1) is 20.4. The molecule has 1 aromatic heterocycles. The van der Waals surface area contributed by atoms with Gasteiger partial charge in [-0.15, -0.1) is 0 Å². The molecule has 28 heavy (non-hydrogen) atoms. The molecule has 1 heterocycles. The molecular formula is C21H19Cl2NO4. The van der Waals surface area contributed by atoms with Crippen LogP contribution in [0.15, 0.2) is 47.4 Å². The monoisotopic (exact) mass is 419 g/mol. The Morgan fingerprint density at radius 2 is 1.89 bits per heavy atom. The number of nitrogens with zero attached hydrogens (tertiary/aromatic N) is 1. The fraction of sp³-hybridized carbons (Fsp3) is 0.238. The normalized spacial score (nSPS) is 11.1. The number of aliphatic hydroxyl groups excluding tert-OH is 1. The molecule has 0 aliphatic rings.